The third-order valence-electron chi connectivity index (χ3n) is 5.40. The van der Waals surface area contributed by atoms with E-state index in [1.54, 1.807) is 7.11 Å². The van der Waals surface area contributed by atoms with Gasteiger partial charge in [0.1, 0.15) is 0 Å². The second kappa shape index (κ2) is 12.0. The molecule has 1 heterocycles. The minimum Gasteiger partial charge on any atom is -0.385 e. The molecule has 0 aliphatic rings. The van der Waals surface area contributed by atoms with Crippen molar-refractivity contribution in [2.75, 3.05) is 46.4 Å². The molecular formula is C23H36N4O2S. The van der Waals surface area contributed by atoms with Gasteiger partial charge >= 0.3 is 0 Å². The number of thiocarbonyl (C=S) groups is 1. The Morgan fingerprint density at radius 2 is 1.90 bits per heavy atom. The molecule has 0 saturated carbocycles. The fourth-order valence-corrected chi connectivity index (χ4v) is 3.89. The highest BCUT2D eigenvalue weighted by molar-refractivity contribution is 7.80. The Labute approximate surface area is 185 Å². The zero-order valence-corrected chi connectivity index (χ0v) is 19.8. The quantitative estimate of drug-likeness (QED) is 0.420. The van der Waals surface area contributed by atoms with Gasteiger partial charge in [-0.2, -0.15) is 0 Å². The number of aromatic nitrogens is 1. The molecule has 0 spiro atoms. The van der Waals surface area contributed by atoms with Crippen LogP contribution in [0.2, 0.25) is 0 Å². The average molecular weight is 433 g/mol. The number of H-pyrrole nitrogens is 1. The van der Waals surface area contributed by atoms with E-state index in [0.717, 1.165) is 61.2 Å². The molecule has 6 nitrogen and oxygen atoms in total. The number of rotatable bonds is 11. The SMILES string of the molecule is CCN(CC)CCN(Cc1cc2cc(C)cc(C)c2[nH]c1=O)C(=S)NCCCOC. The van der Waals surface area contributed by atoms with Crippen molar-refractivity contribution in [3.05, 3.63) is 45.2 Å². The van der Waals surface area contributed by atoms with Gasteiger partial charge in [-0.25, -0.2) is 0 Å². The van der Waals surface area contributed by atoms with Gasteiger partial charge < -0.3 is 24.8 Å². The molecule has 0 atom stereocenters. The van der Waals surface area contributed by atoms with Crippen LogP contribution in [0.5, 0.6) is 0 Å². The first kappa shape index (κ1) is 24.3. The Hall–Kier alpha value is -1.96. The van der Waals surface area contributed by atoms with Crippen LogP contribution in [-0.2, 0) is 11.3 Å². The molecule has 0 unspecified atom stereocenters. The van der Waals surface area contributed by atoms with Gasteiger partial charge in [0, 0.05) is 38.9 Å². The third-order valence-corrected chi connectivity index (χ3v) is 5.80. The zero-order chi connectivity index (χ0) is 22.1. The molecular weight excluding hydrogens is 396 g/mol. The Bertz CT molecular complexity index is 893. The first-order valence-corrected chi connectivity index (χ1v) is 11.2. The number of fused-ring (bicyclic) bond motifs is 1. The van der Waals surface area contributed by atoms with E-state index in [2.05, 4.69) is 53.0 Å². The number of methoxy groups -OCH3 is 1. The second-order valence-electron chi connectivity index (χ2n) is 7.70. The molecule has 1 aromatic carbocycles. The molecule has 7 heteroatoms. The van der Waals surface area contributed by atoms with E-state index >= 15 is 0 Å². The Morgan fingerprint density at radius 1 is 1.17 bits per heavy atom. The normalized spacial score (nSPS) is 11.3. The van der Waals surface area contributed by atoms with E-state index in [-0.39, 0.29) is 5.56 Å². The number of likely N-dealkylation sites (N-methyl/N-ethyl adjacent to an activating group) is 1. The van der Waals surface area contributed by atoms with Crippen molar-refractivity contribution < 1.29 is 4.74 Å². The Kier molecular flexibility index (Phi) is 9.75. The number of aryl methyl sites for hydroxylation is 2. The predicted octanol–water partition coefficient (Wildman–Crippen LogP) is 3.20. The molecule has 2 aromatic rings. The molecule has 0 aliphatic carbocycles. The first-order valence-electron chi connectivity index (χ1n) is 10.8. The summed E-state index contributed by atoms with van der Waals surface area (Å²) in [5, 5.41) is 5.06. The van der Waals surface area contributed by atoms with Crippen LogP contribution < -0.4 is 10.9 Å². The van der Waals surface area contributed by atoms with E-state index in [4.69, 9.17) is 17.0 Å². The van der Waals surface area contributed by atoms with Crippen LogP contribution in [0.1, 0.15) is 37.0 Å². The minimum atomic E-state index is -0.0514. The highest BCUT2D eigenvalue weighted by Crippen LogP contribution is 2.18. The second-order valence-corrected chi connectivity index (χ2v) is 8.08. The average Bonchev–Trinajstić information content (AvgIpc) is 2.71. The lowest BCUT2D eigenvalue weighted by Crippen LogP contribution is -2.44. The number of pyridine rings is 1. The van der Waals surface area contributed by atoms with Crippen LogP contribution in [0.15, 0.2) is 23.0 Å². The summed E-state index contributed by atoms with van der Waals surface area (Å²) in [6, 6.07) is 6.21. The van der Waals surface area contributed by atoms with E-state index in [9.17, 15) is 4.79 Å². The number of hydrogen-bond donors (Lipinski definition) is 2. The van der Waals surface area contributed by atoms with Crippen LogP contribution in [0.25, 0.3) is 10.9 Å². The summed E-state index contributed by atoms with van der Waals surface area (Å²) in [6.07, 6.45) is 0.885. The van der Waals surface area contributed by atoms with Crippen molar-refractivity contribution >= 4 is 28.2 Å². The van der Waals surface area contributed by atoms with E-state index in [1.807, 2.05) is 13.0 Å². The lowest BCUT2D eigenvalue weighted by Gasteiger charge is -2.29. The summed E-state index contributed by atoms with van der Waals surface area (Å²) in [5.41, 5.74) is 3.86. The highest BCUT2D eigenvalue weighted by atomic mass is 32.1. The number of hydrogen-bond acceptors (Lipinski definition) is 4. The lowest BCUT2D eigenvalue weighted by atomic mass is 10.1. The number of benzene rings is 1. The maximum atomic E-state index is 12.8. The van der Waals surface area contributed by atoms with Gasteiger partial charge in [0.15, 0.2) is 5.11 Å². The van der Waals surface area contributed by atoms with Gasteiger partial charge in [0.05, 0.1) is 12.1 Å². The highest BCUT2D eigenvalue weighted by Gasteiger charge is 2.15. The molecule has 0 fully saturated rings. The van der Waals surface area contributed by atoms with Gasteiger partial charge in [-0.15, -0.1) is 0 Å². The molecule has 2 N–H and O–H groups in total. The summed E-state index contributed by atoms with van der Waals surface area (Å²) in [7, 11) is 1.70. The van der Waals surface area contributed by atoms with Gasteiger partial charge in [-0.05, 0) is 68.7 Å². The molecule has 0 aliphatic heterocycles. The van der Waals surface area contributed by atoms with Crippen molar-refractivity contribution in [1.29, 1.82) is 0 Å². The van der Waals surface area contributed by atoms with Crippen LogP contribution >= 0.6 is 12.2 Å². The minimum absolute atomic E-state index is 0.0514. The smallest absolute Gasteiger partial charge is 0.253 e. The Balaban J connectivity index is 2.23. The van der Waals surface area contributed by atoms with Crippen LogP contribution in [0.3, 0.4) is 0 Å². The van der Waals surface area contributed by atoms with E-state index in [0.29, 0.717) is 18.3 Å². The molecule has 0 amide bonds. The van der Waals surface area contributed by atoms with Gasteiger partial charge in [0.25, 0.3) is 5.56 Å². The molecule has 0 bridgehead atoms. The first-order chi connectivity index (χ1) is 14.4. The third kappa shape index (κ3) is 6.79. The van der Waals surface area contributed by atoms with Crippen molar-refractivity contribution in [2.24, 2.45) is 0 Å². The van der Waals surface area contributed by atoms with E-state index in [1.165, 1.54) is 5.56 Å². The fraction of sp³-hybridized carbons (Fsp3) is 0.565. The van der Waals surface area contributed by atoms with Gasteiger partial charge in [-0.1, -0.05) is 25.5 Å². The zero-order valence-electron chi connectivity index (χ0n) is 19.0. The number of aromatic amines is 1. The topological polar surface area (TPSA) is 60.6 Å². The van der Waals surface area contributed by atoms with Crippen molar-refractivity contribution in [1.82, 2.24) is 20.1 Å². The molecule has 166 valence electrons. The largest absolute Gasteiger partial charge is 0.385 e. The summed E-state index contributed by atoms with van der Waals surface area (Å²) in [4.78, 5) is 20.3. The van der Waals surface area contributed by atoms with Gasteiger partial charge in [-0.3, -0.25) is 4.79 Å². The van der Waals surface area contributed by atoms with Crippen LogP contribution in [0, 0.1) is 13.8 Å². The molecule has 30 heavy (non-hydrogen) atoms. The molecule has 2 rings (SSSR count). The Morgan fingerprint density at radius 3 is 2.57 bits per heavy atom. The summed E-state index contributed by atoms with van der Waals surface area (Å²) in [6.45, 7) is 14.0. The van der Waals surface area contributed by atoms with Crippen molar-refractivity contribution in [2.45, 2.75) is 40.7 Å². The number of nitrogens with one attached hydrogen (secondary N) is 2. The molecule has 0 saturated heterocycles. The summed E-state index contributed by atoms with van der Waals surface area (Å²) < 4.78 is 5.11. The van der Waals surface area contributed by atoms with Crippen molar-refractivity contribution in [3.8, 4) is 0 Å². The fourth-order valence-electron chi connectivity index (χ4n) is 3.63. The standard InChI is InChI=1S/C23H36N4O2S/c1-6-26(7-2)10-11-27(23(30)24-9-8-12-29-5)16-20-15-19-14-17(3)13-18(4)21(19)25-22(20)28/h13-15H,6-12,16H2,1-5H3,(H,24,30)(H,25,28). The number of nitrogens with zero attached hydrogens (tertiary/aromatic N) is 2. The molecule has 0 radical (unpaired) electrons. The van der Waals surface area contributed by atoms with Crippen LogP contribution in [-0.4, -0.2) is 66.3 Å². The lowest BCUT2D eigenvalue weighted by molar-refractivity contribution is 0.195. The predicted molar refractivity (Wildman–Crippen MR) is 129 cm³/mol. The van der Waals surface area contributed by atoms with Gasteiger partial charge in [0.2, 0.25) is 0 Å². The van der Waals surface area contributed by atoms with E-state index < -0.39 is 0 Å². The molecule has 1 aromatic heterocycles. The number of ether oxygens (including phenoxy) is 1. The summed E-state index contributed by atoms with van der Waals surface area (Å²) in [5.74, 6) is 0. The van der Waals surface area contributed by atoms with Crippen LogP contribution in [0.4, 0.5) is 0 Å². The monoisotopic (exact) mass is 432 g/mol. The maximum absolute atomic E-state index is 12.8. The maximum Gasteiger partial charge on any atom is 0.253 e. The summed E-state index contributed by atoms with van der Waals surface area (Å²) >= 11 is 5.67. The van der Waals surface area contributed by atoms with Crippen molar-refractivity contribution in [3.63, 3.8) is 0 Å².